The molecule has 2 rings (SSSR count). The zero-order chi connectivity index (χ0) is 11.0. The van der Waals surface area contributed by atoms with Gasteiger partial charge in [-0.3, -0.25) is 9.69 Å². The third-order valence-electron chi connectivity index (χ3n) is 3.84. The SMILES string of the molecule is CC1SCCC1N1CC(C(C)C(=O)O)C1. The topological polar surface area (TPSA) is 40.5 Å². The maximum atomic E-state index is 10.8. The lowest BCUT2D eigenvalue weighted by Crippen LogP contribution is -2.56. The Morgan fingerprint density at radius 1 is 1.53 bits per heavy atom. The minimum atomic E-state index is -0.645. The van der Waals surface area contributed by atoms with Gasteiger partial charge in [-0.2, -0.15) is 11.8 Å². The molecule has 3 unspecified atom stereocenters. The van der Waals surface area contributed by atoms with Crippen LogP contribution in [0.3, 0.4) is 0 Å². The van der Waals surface area contributed by atoms with Gasteiger partial charge < -0.3 is 5.11 Å². The number of carboxylic acid groups (broad SMARTS) is 1. The third kappa shape index (κ3) is 2.16. The number of carboxylic acids is 1. The van der Waals surface area contributed by atoms with Crippen LogP contribution in [-0.4, -0.2) is 46.1 Å². The smallest absolute Gasteiger partial charge is 0.306 e. The van der Waals surface area contributed by atoms with Crippen LogP contribution in [0.4, 0.5) is 0 Å². The van der Waals surface area contributed by atoms with Crippen LogP contribution < -0.4 is 0 Å². The Balaban J connectivity index is 1.80. The molecule has 15 heavy (non-hydrogen) atoms. The van der Waals surface area contributed by atoms with Crippen LogP contribution >= 0.6 is 11.8 Å². The van der Waals surface area contributed by atoms with Crippen LogP contribution in [0.15, 0.2) is 0 Å². The Morgan fingerprint density at radius 3 is 2.67 bits per heavy atom. The number of aliphatic carboxylic acids is 1. The Kier molecular flexibility index (Phi) is 3.26. The molecule has 2 fully saturated rings. The molecule has 2 saturated heterocycles. The van der Waals surface area contributed by atoms with E-state index in [9.17, 15) is 4.79 Å². The van der Waals surface area contributed by atoms with Crippen molar-refractivity contribution in [3.63, 3.8) is 0 Å². The van der Waals surface area contributed by atoms with Crippen LogP contribution in [0.5, 0.6) is 0 Å². The summed E-state index contributed by atoms with van der Waals surface area (Å²) in [7, 11) is 0. The van der Waals surface area contributed by atoms with Gasteiger partial charge in [-0.05, 0) is 18.1 Å². The van der Waals surface area contributed by atoms with Crippen LogP contribution in [0, 0.1) is 11.8 Å². The van der Waals surface area contributed by atoms with E-state index in [-0.39, 0.29) is 5.92 Å². The molecular formula is C11H19NO2S. The minimum Gasteiger partial charge on any atom is -0.481 e. The standard InChI is InChI=1S/C11H19NO2S/c1-7(11(13)14)9-5-12(6-9)10-3-4-15-8(10)2/h7-10H,3-6H2,1-2H3,(H,13,14). The molecule has 0 radical (unpaired) electrons. The number of likely N-dealkylation sites (tertiary alicyclic amines) is 1. The van der Waals surface area contributed by atoms with E-state index in [0.29, 0.717) is 12.0 Å². The van der Waals surface area contributed by atoms with Gasteiger partial charge in [0.2, 0.25) is 0 Å². The molecule has 86 valence electrons. The fourth-order valence-corrected chi connectivity index (χ4v) is 3.82. The molecule has 0 aliphatic carbocycles. The first-order chi connectivity index (χ1) is 7.09. The largest absolute Gasteiger partial charge is 0.481 e. The van der Waals surface area contributed by atoms with Gasteiger partial charge in [-0.1, -0.05) is 13.8 Å². The van der Waals surface area contributed by atoms with Gasteiger partial charge in [0.1, 0.15) is 0 Å². The predicted molar refractivity (Wildman–Crippen MR) is 62.2 cm³/mol. The fraction of sp³-hybridized carbons (Fsp3) is 0.909. The van der Waals surface area contributed by atoms with Crippen LogP contribution in [0.25, 0.3) is 0 Å². The van der Waals surface area contributed by atoms with Crippen molar-refractivity contribution in [2.45, 2.75) is 31.6 Å². The van der Waals surface area contributed by atoms with Crippen molar-refractivity contribution in [1.29, 1.82) is 0 Å². The summed E-state index contributed by atoms with van der Waals surface area (Å²) in [6.07, 6.45) is 1.28. The van der Waals surface area contributed by atoms with E-state index in [0.717, 1.165) is 18.3 Å². The molecule has 0 aromatic rings. The van der Waals surface area contributed by atoms with Gasteiger partial charge in [0, 0.05) is 24.4 Å². The molecule has 0 aromatic heterocycles. The van der Waals surface area contributed by atoms with Gasteiger partial charge in [-0.15, -0.1) is 0 Å². The van der Waals surface area contributed by atoms with Gasteiger partial charge in [0.05, 0.1) is 5.92 Å². The minimum absolute atomic E-state index is 0.175. The number of rotatable bonds is 3. The quantitative estimate of drug-likeness (QED) is 0.797. The highest BCUT2D eigenvalue weighted by atomic mass is 32.2. The van der Waals surface area contributed by atoms with Crippen molar-refractivity contribution >= 4 is 17.7 Å². The van der Waals surface area contributed by atoms with E-state index in [1.807, 2.05) is 18.7 Å². The summed E-state index contributed by atoms with van der Waals surface area (Å²) in [6, 6.07) is 0.701. The number of carbonyl (C=O) groups is 1. The van der Waals surface area contributed by atoms with Crippen LogP contribution in [0.2, 0.25) is 0 Å². The Hall–Kier alpha value is -0.220. The number of thioether (sulfide) groups is 1. The third-order valence-corrected chi connectivity index (χ3v) is 5.15. The molecule has 0 amide bonds. The lowest BCUT2D eigenvalue weighted by atomic mass is 9.85. The van der Waals surface area contributed by atoms with Crippen molar-refractivity contribution in [1.82, 2.24) is 4.90 Å². The molecule has 0 spiro atoms. The van der Waals surface area contributed by atoms with E-state index in [1.54, 1.807) is 0 Å². The second-order valence-corrected chi connectivity index (χ2v) is 6.26. The van der Waals surface area contributed by atoms with Crippen molar-refractivity contribution in [3.8, 4) is 0 Å². The summed E-state index contributed by atoms with van der Waals surface area (Å²) in [6.45, 7) is 6.10. The molecule has 2 aliphatic rings. The molecule has 2 aliphatic heterocycles. The molecule has 0 bridgehead atoms. The predicted octanol–water partition coefficient (Wildman–Crippen LogP) is 1.53. The summed E-state index contributed by atoms with van der Waals surface area (Å²) in [5.74, 6) is 0.820. The van der Waals surface area contributed by atoms with Crippen molar-refractivity contribution in [2.75, 3.05) is 18.8 Å². The van der Waals surface area contributed by atoms with E-state index < -0.39 is 5.97 Å². The van der Waals surface area contributed by atoms with Gasteiger partial charge in [0.25, 0.3) is 0 Å². The Bertz CT molecular complexity index is 253. The molecule has 0 saturated carbocycles. The van der Waals surface area contributed by atoms with Crippen LogP contribution in [0.1, 0.15) is 20.3 Å². The Morgan fingerprint density at radius 2 is 2.20 bits per heavy atom. The second-order valence-electron chi connectivity index (χ2n) is 4.77. The summed E-state index contributed by atoms with van der Waals surface area (Å²) in [4.78, 5) is 13.3. The first-order valence-electron chi connectivity index (χ1n) is 5.68. The number of hydrogen-bond acceptors (Lipinski definition) is 3. The van der Waals surface area contributed by atoms with Crippen molar-refractivity contribution in [3.05, 3.63) is 0 Å². The fourth-order valence-electron chi connectivity index (χ4n) is 2.54. The second kappa shape index (κ2) is 4.34. The average Bonchev–Trinajstić information content (AvgIpc) is 2.49. The molecule has 4 heteroatoms. The van der Waals surface area contributed by atoms with E-state index in [1.165, 1.54) is 12.2 Å². The van der Waals surface area contributed by atoms with Gasteiger partial charge in [-0.25, -0.2) is 0 Å². The maximum Gasteiger partial charge on any atom is 0.306 e. The normalized spacial score (nSPS) is 35.1. The number of nitrogens with zero attached hydrogens (tertiary/aromatic N) is 1. The highest BCUT2D eigenvalue weighted by molar-refractivity contribution is 8.00. The lowest BCUT2D eigenvalue weighted by molar-refractivity contribution is -0.146. The average molecular weight is 229 g/mol. The summed E-state index contributed by atoms with van der Waals surface area (Å²) in [5, 5.41) is 9.63. The molecule has 3 nitrogen and oxygen atoms in total. The van der Waals surface area contributed by atoms with Gasteiger partial charge in [0.15, 0.2) is 0 Å². The van der Waals surface area contributed by atoms with Gasteiger partial charge >= 0.3 is 5.97 Å². The molecular weight excluding hydrogens is 210 g/mol. The van der Waals surface area contributed by atoms with Crippen molar-refractivity contribution in [2.24, 2.45) is 11.8 Å². The highest BCUT2D eigenvalue weighted by Crippen LogP contribution is 2.35. The zero-order valence-corrected chi connectivity index (χ0v) is 10.2. The first kappa shape index (κ1) is 11.3. The van der Waals surface area contributed by atoms with Crippen molar-refractivity contribution < 1.29 is 9.90 Å². The van der Waals surface area contributed by atoms with E-state index in [2.05, 4.69) is 11.8 Å². The lowest BCUT2D eigenvalue weighted by Gasteiger charge is -2.46. The molecule has 3 atom stereocenters. The maximum absolute atomic E-state index is 10.8. The summed E-state index contributed by atoms with van der Waals surface area (Å²) >= 11 is 2.04. The summed E-state index contributed by atoms with van der Waals surface area (Å²) < 4.78 is 0. The summed E-state index contributed by atoms with van der Waals surface area (Å²) in [5.41, 5.74) is 0. The highest BCUT2D eigenvalue weighted by Gasteiger charge is 2.40. The van der Waals surface area contributed by atoms with E-state index in [4.69, 9.17) is 5.11 Å². The van der Waals surface area contributed by atoms with Crippen LogP contribution in [-0.2, 0) is 4.79 Å². The molecule has 0 aromatic carbocycles. The zero-order valence-electron chi connectivity index (χ0n) is 9.35. The monoisotopic (exact) mass is 229 g/mol. The molecule has 1 N–H and O–H groups in total. The Labute approximate surface area is 95.2 Å². The van der Waals surface area contributed by atoms with E-state index >= 15 is 0 Å². The molecule has 2 heterocycles. The first-order valence-corrected chi connectivity index (χ1v) is 6.73. The number of hydrogen-bond donors (Lipinski definition) is 1.